The normalized spacial score (nSPS) is 15.8. The fourth-order valence-corrected chi connectivity index (χ4v) is 3.06. The van der Waals surface area contributed by atoms with Gasteiger partial charge < -0.3 is 9.47 Å². The molecule has 0 fully saturated rings. The number of carbonyl (C=O) groups is 3. The molecule has 0 bridgehead atoms. The Labute approximate surface area is 138 Å². The number of hydrogen-bond acceptors (Lipinski definition) is 6. The lowest BCUT2D eigenvalue weighted by molar-refractivity contribution is -0.166. The highest BCUT2D eigenvalue weighted by atomic mass is 16.6. The Morgan fingerprint density at radius 2 is 1.79 bits per heavy atom. The number of para-hydroxylation sites is 2. The number of carbonyl (C=O) groups excluding carboxylic acids is 3. The van der Waals surface area contributed by atoms with Gasteiger partial charge in [-0.05, 0) is 32.4 Å². The molecule has 0 saturated heterocycles. The molecule has 0 saturated carbocycles. The molecule has 0 unspecified atom stereocenters. The van der Waals surface area contributed by atoms with Crippen molar-refractivity contribution in [1.82, 2.24) is 9.55 Å². The van der Waals surface area contributed by atoms with Crippen molar-refractivity contribution in [3.05, 3.63) is 30.1 Å². The third kappa shape index (κ3) is 2.19. The minimum absolute atomic E-state index is 0.00712. The van der Waals surface area contributed by atoms with E-state index in [1.54, 1.807) is 38.1 Å². The van der Waals surface area contributed by atoms with Crippen molar-refractivity contribution in [2.45, 2.75) is 32.1 Å². The van der Waals surface area contributed by atoms with E-state index in [0.29, 0.717) is 11.0 Å². The summed E-state index contributed by atoms with van der Waals surface area (Å²) in [7, 11) is 0. The molecule has 1 aromatic carbocycles. The van der Waals surface area contributed by atoms with Crippen molar-refractivity contribution < 1.29 is 23.9 Å². The molecule has 7 nitrogen and oxygen atoms in total. The van der Waals surface area contributed by atoms with Gasteiger partial charge in [0.25, 0.3) is 0 Å². The van der Waals surface area contributed by atoms with E-state index in [0.717, 1.165) is 0 Å². The van der Waals surface area contributed by atoms with Gasteiger partial charge in [0.1, 0.15) is 5.82 Å². The van der Waals surface area contributed by atoms with E-state index >= 15 is 0 Å². The minimum atomic E-state index is -1.71. The van der Waals surface area contributed by atoms with Gasteiger partial charge in [-0.15, -0.1) is 0 Å². The van der Waals surface area contributed by atoms with Crippen molar-refractivity contribution >= 4 is 28.9 Å². The predicted molar refractivity (Wildman–Crippen MR) is 84.5 cm³/mol. The van der Waals surface area contributed by atoms with Crippen molar-refractivity contribution in [2.75, 3.05) is 13.2 Å². The summed E-state index contributed by atoms with van der Waals surface area (Å²) in [6.07, 6.45) is 0.0256. The number of ether oxygens (including phenoxy) is 2. The van der Waals surface area contributed by atoms with Crippen LogP contribution in [0.3, 0.4) is 0 Å². The SMILES string of the molecule is CCOC(=O)C1(C(=O)OCC)CCC(=O)n2c1nc1ccccc12. The minimum Gasteiger partial charge on any atom is -0.465 e. The third-order valence-corrected chi connectivity index (χ3v) is 4.15. The quantitative estimate of drug-likeness (QED) is 0.628. The Morgan fingerprint density at radius 3 is 2.42 bits per heavy atom. The van der Waals surface area contributed by atoms with Crippen LogP contribution in [0.2, 0.25) is 0 Å². The Hall–Kier alpha value is -2.70. The van der Waals surface area contributed by atoms with Crippen molar-refractivity contribution in [3.63, 3.8) is 0 Å². The van der Waals surface area contributed by atoms with Gasteiger partial charge in [-0.2, -0.15) is 0 Å². The van der Waals surface area contributed by atoms with Gasteiger partial charge in [0.05, 0.1) is 24.2 Å². The molecular weight excluding hydrogens is 312 g/mol. The highest BCUT2D eigenvalue weighted by Crippen LogP contribution is 2.38. The summed E-state index contributed by atoms with van der Waals surface area (Å²) < 4.78 is 11.6. The van der Waals surface area contributed by atoms with Gasteiger partial charge in [0, 0.05) is 6.42 Å². The van der Waals surface area contributed by atoms with E-state index in [-0.39, 0.29) is 37.8 Å². The summed E-state index contributed by atoms with van der Waals surface area (Å²) in [4.78, 5) is 42.2. The molecule has 2 aromatic rings. The molecule has 24 heavy (non-hydrogen) atoms. The smallest absolute Gasteiger partial charge is 0.331 e. The topological polar surface area (TPSA) is 87.5 Å². The first-order valence-electron chi connectivity index (χ1n) is 7.91. The molecule has 126 valence electrons. The molecule has 0 radical (unpaired) electrons. The highest BCUT2D eigenvalue weighted by Gasteiger charge is 2.57. The van der Waals surface area contributed by atoms with Gasteiger partial charge in [0.15, 0.2) is 0 Å². The molecule has 1 aliphatic rings. The van der Waals surface area contributed by atoms with Gasteiger partial charge in [-0.25, -0.2) is 4.98 Å². The number of esters is 2. The monoisotopic (exact) mass is 330 g/mol. The molecule has 0 spiro atoms. The van der Waals surface area contributed by atoms with Crippen LogP contribution >= 0.6 is 0 Å². The molecule has 0 atom stereocenters. The first-order chi connectivity index (χ1) is 11.6. The van der Waals surface area contributed by atoms with Gasteiger partial charge in [-0.1, -0.05) is 12.1 Å². The van der Waals surface area contributed by atoms with Crippen LogP contribution in [0.25, 0.3) is 11.0 Å². The number of rotatable bonds is 4. The summed E-state index contributed by atoms with van der Waals surface area (Å²) in [5.74, 6) is -1.58. The lowest BCUT2D eigenvalue weighted by Crippen LogP contribution is -2.51. The van der Waals surface area contributed by atoms with Gasteiger partial charge in [-0.3, -0.25) is 19.0 Å². The lowest BCUT2D eigenvalue weighted by Gasteiger charge is -2.31. The van der Waals surface area contributed by atoms with Gasteiger partial charge in [0.2, 0.25) is 11.3 Å². The average molecular weight is 330 g/mol. The first-order valence-corrected chi connectivity index (χ1v) is 7.91. The van der Waals surface area contributed by atoms with E-state index < -0.39 is 17.4 Å². The number of hydrogen-bond donors (Lipinski definition) is 0. The van der Waals surface area contributed by atoms with Crippen LogP contribution in [-0.2, 0) is 24.5 Å². The molecule has 0 N–H and O–H groups in total. The Morgan fingerprint density at radius 1 is 1.17 bits per heavy atom. The van der Waals surface area contributed by atoms with E-state index in [1.807, 2.05) is 0 Å². The first kappa shape index (κ1) is 16.2. The van der Waals surface area contributed by atoms with E-state index in [9.17, 15) is 14.4 Å². The number of fused-ring (bicyclic) bond motifs is 3. The van der Waals surface area contributed by atoms with Crippen LogP contribution in [-0.4, -0.2) is 40.6 Å². The molecule has 2 heterocycles. The molecule has 1 aromatic heterocycles. The average Bonchev–Trinajstić information content (AvgIpc) is 2.96. The van der Waals surface area contributed by atoms with Crippen LogP contribution in [0.15, 0.2) is 24.3 Å². The van der Waals surface area contributed by atoms with E-state index in [4.69, 9.17) is 9.47 Å². The molecule has 1 aliphatic heterocycles. The fourth-order valence-electron chi connectivity index (χ4n) is 3.06. The van der Waals surface area contributed by atoms with Crippen LogP contribution in [0, 0.1) is 0 Å². The summed E-state index contributed by atoms with van der Waals surface area (Å²) in [6.45, 7) is 3.56. The second-order valence-electron chi connectivity index (χ2n) is 5.50. The fraction of sp³-hybridized carbons (Fsp3) is 0.412. The van der Waals surface area contributed by atoms with Crippen molar-refractivity contribution in [2.24, 2.45) is 0 Å². The molecule has 0 amide bonds. The maximum atomic E-state index is 12.7. The number of aromatic nitrogens is 2. The van der Waals surface area contributed by atoms with Crippen LogP contribution in [0.5, 0.6) is 0 Å². The summed E-state index contributed by atoms with van der Waals surface area (Å²) in [6, 6.07) is 7.02. The molecular formula is C17H18N2O5. The van der Waals surface area contributed by atoms with E-state index in [1.165, 1.54) is 4.57 Å². The molecule has 0 aliphatic carbocycles. The summed E-state index contributed by atoms with van der Waals surface area (Å²) >= 11 is 0. The van der Waals surface area contributed by atoms with Crippen molar-refractivity contribution in [1.29, 1.82) is 0 Å². The van der Waals surface area contributed by atoms with Crippen LogP contribution in [0.1, 0.15) is 37.3 Å². The van der Waals surface area contributed by atoms with Crippen molar-refractivity contribution in [3.8, 4) is 0 Å². The largest absolute Gasteiger partial charge is 0.465 e. The summed E-state index contributed by atoms with van der Waals surface area (Å²) in [5.41, 5.74) is -0.602. The Balaban J connectivity index is 2.28. The Bertz CT molecular complexity index is 805. The second-order valence-corrected chi connectivity index (χ2v) is 5.50. The number of benzene rings is 1. The molecule has 7 heteroatoms. The van der Waals surface area contributed by atoms with E-state index in [2.05, 4.69) is 4.98 Å². The number of nitrogens with zero attached hydrogens (tertiary/aromatic N) is 2. The lowest BCUT2D eigenvalue weighted by atomic mass is 9.79. The zero-order valence-corrected chi connectivity index (χ0v) is 13.6. The van der Waals surface area contributed by atoms with Crippen LogP contribution in [0.4, 0.5) is 0 Å². The van der Waals surface area contributed by atoms with Gasteiger partial charge >= 0.3 is 11.9 Å². The highest BCUT2D eigenvalue weighted by molar-refractivity contribution is 6.09. The number of imidazole rings is 1. The van der Waals surface area contributed by atoms with Crippen LogP contribution < -0.4 is 0 Å². The zero-order valence-electron chi connectivity index (χ0n) is 13.6. The third-order valence-electron chi connectivity index (χ3n) is 4.15. The summed E-state index contributed by atoms with van der Waals surface area (Å²) in [5, 5.41) is 0. The molecule has 3 rings (SSSR count). The Kier molecular flexibility index (Phi) is 4.09. The zero-order chi connectivity index (χ0) is 17.3. The predicted octanol–water partition coefficient (Wildman–Crippen LogP) is 1.83. The maximum absolute atomic E-state index is 12.7. The maximum Gasteiger partial charge on any atom is 0.331 e. The second kappa shape index (κ2) is 6.07. The standard InChI is InChI=1S/C17H18N2O5/c1-3-23-15(21)17(16(22)24-4-2)10-9-13(20)19-12-8-6-5-7-11(12)18-14(17)19/h5-8H,3-4,9-10H2,1-2H3.